The number of hydrogen-bond donors (Lipinski definition) is 0. The Hall–Kier alpha value is -0.990. The minimum atomic E-state index is -0.174. The van der Waals surface area contributed by atoms with Gasteiger partial charge in [-0.05, 0) is 32.1 Å². The van der Waals surface area contributed by atoms with Gasteiger partial charge < -0.3 is 9.64 Å². The molecule has 3 nitrogen and oxygen atoms in total. The van der Waals surface area contributed by atoms with E-state index in [2.05, 4.69) is 4.90 Å². The molecule has 84 valence electrons. The van der Waals surface area contributed by atoms with Gasteiger partial charge in [0, 0.05) is 26.1 Å². The Labute approximate surface area is 91.1 Å². The van der Waals surface area contributed by atoms with Crippen molar-refractivity contribution in [3.05, 3.63) is 11.3 Å². The average molecular weight is 209 g/mol. The lowest BCUT2D eigenvalue weighted by molar-refractivity contribution is -0.155. The fraction of sp³-hybridized carbons (Fsp3) is 0.750. The molecule has 0 radical (unpaired) electrons. The van der Waals surface area contributed by atoms with Gasteiger partial charge in [0.25, 0.3) is 0 Å². The zero-order valence-corrected chi connectivity index (χ0v) is 9.58. The maximum Gasteiger partial charge on any atom is 0.304 e. The summed E-state index contributed by atoms with van der Waals surface area (Å²) in [6.07, 6.45) is 7.03. The monoisotopic (exact) mass is 209 g/mol. The first-order valence-corrected chi connectivity index (χ1v) is 5.79. The van der Waals surface area contributed by atoms with E-state index >= 15 is 0 Å². The summed E-state index contributed by atoms with van der Waals surface area (Å²) in [5.41, 5.74) is 3.02. The summed E-state index contributed by atoms with van der Waals surface area (Å²) in [5.74, 6) is -0.174. The number of esters is 1. The third-order valence-corrected chi connectivity index (χ3v) is 3.40. The molecule has 0 aromatic rings. The van der Waals surface area contributed by atoms with Crippen LogP contribution in [0.4, 0.5) is 0 Å². The molecule has 1 aliphatic heterocycles. The number of carbonyl (C=O) groups excluding carboxylic acids is 1. The van der Waals surface area contributed by atoms with E-state index in [9.17, 15) is 4.79 Å². The van der Waals surface area contributed by atoms with Gasteiger partial charge in [-0.25, -0.2) is 0 Å². The summed E-state index contributed by atoms with van der Waals surface area (Å²) in [6.45, 7) is 1.48. The van der Waals surface area contributed by atoms with Crippen LogP contribution in [0.25, 0.3) is 0 Å². The van der Waals surface area contributed by atoms with E-state index in [0.717, 1.165) is 19.3 Å². The summed E-state index contributed by atoms with van der Waals surface area (Å²) >= 11 is 0. The van der Waals surface area contributed by atoms with E-state index in [4.69, 9.17) is 4.74 Å². The molecule has 1 unspecified atom stereocenters. The predicted molar refractivity (Wildman–Crippen MR) is 58.0 cm³/mol. The second kappa shape index (κ2) is 4.25. The van der Waals surface area contributed by atoms with Gasteiger partial charge in [-0.1, -0.05) is 5.57 Å². The number of rotatable bonds is 1. The second-order valence-electron chi connectivity index (χ2n) is 4.47. The van der Waals surface area contributed by atoms with Crippen molar-refractivity contribution in [3.63, 3.8) is 0 Å². The summed E-state index contributed by atoms with van der Waals surface area (Å²) in [4.78, 5) is 13.1. The molecule has 1 heterocycles. The Balaban J connectivity index is 2.10. The van der Waals surface area contributed by atoms with Crippen LogP contribution in [0.1, 0.15) is 45.4 Å². The molecule has 0 amide bonds. The van der Waals surface area contributed by atoms with Crippen LogP contribution in [0.5, 0.6) is 0 Å². The van der Waals surface area contributed by atoms with Gasteiger partial charge in [0.05, 0.1) is 0 Å². The zero-order chi connectivity index (χ0) is 10.8. The van der Waals surface area contributed by atoms with Gasteiger partial charge in [-0.15, -0.1) is 0 Å². The Kier molecular flexibility index (Phi) is 2.98. The molecule has 1 atom stereocenters. The third kappa shape index (κ3) is 2.16. The molecule has 0 bridgehead atoms. The molecule has 0 aromatic heterocycles. The van der Waals surface area contributed by atoms with Gasteiger partial charge in [0.1, 0.15) is 0 Å². The van der Waals surface area contributed by atoms with Gasteiger partial charge in [0.2, 0.25) is 0 Å². The first-order chi connectivity index (χ1) is 7.18. The van der Waals surface area contributed by atoms with Crippen molar-refractivity contribution < 1.29 is 9.53 Å². The van der Waals surface area contributed by atoms with Crippen LogP contribution in [0.2, 0.25) is 0 Å². The van der Waals surface area contributed by atoms with E-state index in [1.165, 1.54) is 31.9 Å². The Morgan fingerprint density at radius 3 is 2.80 bits per heavy atom. The number of ether oxygens (including phenoxy) is 1. The van der Waals surface area contributed by atoms with Crippen molar-refractivity contribution in [2.24, 2.45) is 0 Å². The Morgan fingerprint density at radius 2 is 2.07 bits per heavy atom. The lowest BCUT2D eigenvalue weighted by atomic mass is 9.89. The summed E-state index contributed by atoms with van der Waals surface area (Å²) in [6, 6.07) is 0. The lowest BCUT2D eigenvalue weighted by Gasteiger charge is -2.39. The molecule has 0 spiro atoms. The third-order valence-electron chi connectivity index (χ3n) is 3.40. The van der Waals surface area contributed by atoms with E-state index < -0.39 is 0 Å². The fourth-order valence-corrected chi connectivity index (χ4v) is 2.64. The molecular weight excluding hydrogens is 190 g/mol. The van der Waals surface area contributed by atoms with Crippen molar-refractivity contribution in [1.82, 2.24) is 4.90 Å². The minimum Gasteiger partial charge on any atom is -0.442 e. The van der Waals surface area contributed by atoms with Gasteiger partial charge in [-0.3, -0.25) is 4.79 Å². The highest BCUT2D eigenvalue weighted by Crippen LogP contribution is 2.35. The average Bonchev–Trinajstić information content (AvgIpc) is 2.22. The molecular formula is C12H19NO2. The van der Waals surface area contributed by atoms with E-state index in [1.807, 2.05) is 7.05 Å². The standard InChI is InChI=1S/C12H19NO2/c1-9(14)15-12-8-7-10-5-3-4-6-11(10)13(12)2/h12H,3-8H2,1-2H3. The van der Waals surface area contributed by atoms with Crippen LogP contribution in [-0.2, 0) is 9.53 Å². The molecule has 15 heavy (non-hydrogen) atoms. The summed E-state index contributed by atoms with van der Waals surface area (Å²) in [7, 11) is 2.05. The number of carbonyl (C=O) groups is 1. The largest absolute Gasteiger partial charge is 0.442 e. The highest BCUT2D eigenvalue weighted by molar-refractivity contribution is 5.66. The maximum absolute atomic E-state index is 11.0. The molecule has 1 aliphatic carbocycles. The van der Waals surface area contributed by atoms with Crippen LogP contribution < -0.4 is 0 Å². The first-order valence-electron chi connectivity index (χ1n) is 5.79. The van der Waals surface area contributed by atoms with Crippen molar-refractivity contribution >= 4 is 5.97 Å². The Bertz CT molecular complexity index is 296. The molecule has 0 aromatic carbocycles. The second-order valence-corrected chi connectivity index (χ2v) is 4.47. The smallest absolute Gasteiger partial charge is 0.304 e. The molecule has 2 aliphatic rings. The summed E-state index contributed by atoms with van der Waals surface area (Å²) in [5, 5.41) is 0. The summed E-state index contributed by atoms with van der Waals surface area (Å²) < 4.78 is 5.31. The van der Waals surface area contributed by atoms with Crippen LogP contribution in [0.3, 0.4) is 0 Å². The highest BCUT2D eigenvalue weighted by Gasteiger charge is 2.28. The van der Waals surface area contributed by atoms with Crippen LogP contribution in [0.15, 0.2) is 11.3 Å². The topological polar surface area (TPSA) is 29.5 Å². The van der Waals surface area contributed by atoms with Gasteiger partial charge >= 0.3 is 5.97 Å². The van der Waals surface area contributed by atoms with E-state index in [0.29, 0.717) is 0 Å². The molecule has 0 fully saturated rings. The Morgan fingerprint density at radius 1 is 1.33 bits per heavy atom. The molecule has 0 saturated heterocycles. The molecule has 0 N–H and O–H groups in total. The van der Waals surface area contributed by atoms with Crippen molar-refractivity contribution in [2.75, 3.05) is 7.05 Å². The number of hydrogen-bond acceptors (Lipinski definition) is 3. The van der Waals surface area contributed by atoms with Crippen molar-refractivity contribution in [3.8, 4) is 0 Å². The molecule has 2 rings (SSSR count). The molecule has 3 heteroatoms. The van der Waals surface area contributed by atoms with Crippen LogP contribution in [-0.4, -0.2) is 24.1 Å². The van der Waals surface area contributed by atoms with Gasteiger partial charge in [0.15, 0.2) is 6.23 Å². The number of nitrogens with zero attached hydrogens (tertiary/aromatic N) is 1. The van der Waals surface area contributed by atoms with Crippen LogP contribution >= 0.6 is 0 Å². The fourth-order valence-electron chi connectivity index (χ4n) is 2.64. The zero-order valence-electron chi connectivity index (χ0n) is 9.58. The first kappa shape index (κ1) is 10.5. The van der Waals surface area contributed by atoms with E-state index in [-0.39, 0.29) is 12.2 Å². The normalized spacial score (nSPS) is 26.3. The van der Waals surface area contributed by atoms with Crippen molar-refractivity contribution in [2.45, 2.75) is 51.7 Å². The predicted octanol–water partition coefficient (Wildman–Crippen LogP) is 2.43. The SMILES string of the molecule is CC(=O)OC1CCC2=C(CCCC2)N1C. The molecule has 0 saturated carbocycles. The van der Waals surface area contributed by atoms with Gasteiger partial charge in [-0.2, -0.15) is 0 Å². The number of allylic oxidation sites excluding steroid dienone is 2. The minimum absolute atomic E-state index is 0.0284. The maximum atomic E-state index is 11.0. The lowest BCUT2D eigenvalue weighted by Crippen LogP contribution is -2.39. The van der Waals surface area contributed by atoms with Crippen molar-refractivity contribution in [1.29, 1.82) is 0 Å². The highest BCUT2D eigenvalue weighted by atomic mass is 16.6. The van der Waals surface area contributed by atoms with E-state index in [1.54, 1.807) is 5.57 Å². The quantitative estimate of drug-likeness (QED) is 0.621. The van der Waals surface area contributed by atoms with Crippen LogP contribution in [0, 0.1) is 0 Å².